The van der Waals surface area contributed by atoms with Crippen molar-refractivity contribution in [2.45, 2.75) is 213 Å². The monoisotopic (exact) mass is 740 g/mol. The van der Waals surface area contributed by atoms with Crippen molar-refractivity contribution < 1.29 is 24.2 Å². The van der Waals surface area contributed by atoms with Crippen LogP contribution in [0, 0.1) is 0 Å². The van der Waals surface area contributed by atoms with Gasteiger partial charge in [0.2, 0.25) is 5.91 Å². The molecule has 6 nitrogen and oxygen atoms in total. The van der Waals surface area contributed by atoms with E-state index < -0.39 is 5.97 Å². The van der Waals surface area contributed by atoms with E-state index in [9.17, 15) is 14.4 Å². The second-order valence-corrected chi connectivity index (χ2v) is 14.6. The molecule has 0 fully saturated rings. The average Bonchev–Trinajstić information content (AvgIpc) is 3.14. The van der Waals surface area contributed by atoms with Crippen LogP contribution in [-0.2, 0) is 19.1 Å². The third kappa shape index (κ3) is 41.7. The highest BCUT2D eigenvalue weighted by Crippen LogP contribution is 2.18. The number of carbonyl (C=O) groups is 3. The van der Waals surface area contributed by atoms with Crippen LogP contribution in [-0.4, -0.2) is 35.6 Å². The summed E-state index contributed by atoms with van der Waals surface area (Å²) in [5, 5.41) is 11.1. The van der Waals surface area contributed by atoms with Gasteiger partial charge in [-0.3, -0.25) is 14.4 Å². The SMILES string of the molecule is CC/C=C\C/C=C\C/C=C\C/C=C\CCCCC(CCCCCCCC(=O)NCC(=O)O)OC(=O)CCCCCCC/C=C\CCCCCCCCC. The number of esters is 1. The maximum Gasteiger partial charge on any atom is 0.322 e. The molecule has 0 radical (unpaired) electrons. The molecule has 1 amide bonds. The zero-order valence-corrected chi connectivity index (χ0v) is 34.4. The van der Waals surface area contributed by atoms with Crippen LogP contribution in [0.1, 0.15) is 206 Å². The van der Waals surface area contributed by atoms with E-state index in [4.69, 9.17) is 9.84 Å². The van der Waals surface area contributed by atoms with Crippen molar-refractivity contribution in [1.82, 2.24) is 5.32 Å². The Bertz CT molecular complexity index is 995. The highest BCUT2D eigenvalue weighted by molar-refractivity contribution is 5.80. The summed E-state index contributed by atoms with van der Waals surface area (Å²) in [7, 11) is 0. The maximum atomic E-state index is 12.8. The van der Waals surface area contributed by atoms with Crippen LogP contribution in [0.3, 0.4) is 0 Å². The molecular weight excluding hydrogens is 659 g/mol. The number of carbonyl (C=O) groups excluding carboxylic acids is 2. The number of aliphatic carboxylic acids is 1. The summed E-state index contributed by atoms with van der Waals surface area (Å²) in [6.07, 6.45) is 54.8. The molecular formula is C47H81NO5. The largest absolute Gasteiger partial charge is 0.480 e. The fourth-order valence-electron chi connectivity index (χ4n) is 6.21. The molecule has 1 unspecified atom stereocenters. The third-order valence-electron chi connectivity index (χ3n) is 9.42. The van der Waals surface area contributed by atoms with Crippen molar-refractivity contribution in [3.05, 3.63) is 60.8 Å². The number of amides is 1. The van der Waals surface area contributed by atoms with Crippen LogP contribution < -0.4 is 5.32 Å². The van der Waals surface area contributed by atoms with Crippen molar-refractivity contribution in [2.75, 3.05) is 6.54 Å². The van der Waals surface area contributed by atoms with Crippen LogP contribution in [0.15, 0.2) is 60.8 Å². The molecule has 0 saturated carbocycles. The summed E-state index contributed by atoms with van der Waals surface area (Å²) < 4.78 is 6.01. The number of hydrogen-bond acceptors (Lipinski definition) is 4. The van der Waals surface area contributed by atoms with E-state index in [1.807, 2.05) is 0 Å². The van der Waals surface area contributed by atoms with Gasteiger partial charge in [0.1, 0.15) is 12.6 Å². The first kappa shape index (κ1) is 50.1. The van der Waals surface area contributed by atoms with Crippen molar-refractivity contribution in [3.63, 3.8) is 0 Å². The molecule has 0 aliphatic carbocycles. The number of unbranched alkanes of at least 4 members (excludes halogenated alkanes) is 18. The maximum absolute atomic E-state index is 12.8. The van der Waals surface area contributed by atoms with Gasteiger partial charge in [-0.25, -0.2) is 0 Å². The van der Waals surface area contributed by atoms with Gasteiger partial charge in [-0.15, -0.1) is 0 Å². The summed E-state index contributed by atoms with van der Waals surface area (Å²) in [5.41, 5.74) is 0. The molecule has 0 aliphatic rings. The topological polar surface area (TPSA) is 92.7 Å². The Balaban J connectivity index is 4.28. The van der Waals surface area contributed by atoms with Crippen molar-refractivity contribution in [2.24, 2.45) is 0 Å². The predicted molar refractivity (Wildman–Crippen MR) is 226 cm³/mol. The lowest BCUT2D eigenvalue weighted by atomic mass is 10.0. The smallest absolute Gasteiger partial charge is 0.322 e. The van der Waals surface area contributed by atoms with Crippen LogP contribution in [0.5, 0.6) is 0 Å². The lowest BCUT2D eigenvalue weighted by molar-refractivity contribution is -0.150. The molecule has 1 atom stereocenters. The summed E-state index contributed by atoms with van der Waals surface area (Å²) in [6, 6.07) is 0. The minimum atomic E-state index is -1.02. The standard InChI is InChI=1S/C47H81NO5/c1-3-5-7-9-11-13-15-17-19-21-23-25-27-29-34-38-42-47(52)53-44(40-36-32-30-33-37-41-45(49)48-43-46(50)51)39-35-31-28-26-24-22-20-18-16-14-12-10-8-6-4-2/h6,8,12,14,18-21,24,26,44H,3-5,7,9-11,13,15-17,22-23,25,27-43H2,1-2H3,(H,48,49)(H,50,51)/b8-6-,14-12-,20-18-,21-19-,26-24-. The summed E-state index contributed by atoms with van der Waals surface area (Å²) in [4.78, 5) is 35.1. The van der Waals surface area contributed by atoms with Gasteiger partial charge in [0.05, 0.1) is 0 Å². The Labute approximate surface area is 326 Å². The fraction of sp³-hybridized carbons (Fsp3) is 0.723. The Morgan fingerprint density at radius 1 is 0.509 bits per heavy atom. The number of hydrogen-bond donors (Lipinski definition) is 2. The minimum Gasteiger partial charge on any atom is -0.480 e. The average molecular weight is 740 g/mol. The molecule has 0 aliphatic heterocycles. The molecule has 0 aromatic heterocycles. The van der Waals surface area contributed by atoms with Crippen LogP contribution >= 0.6 is 0 Å². The first-order valence-corrected chi connectivity index (χ1v) is 21.9. The van der Waals surface area contributed by atoms with Crippen LogP contribution in [0.25, 0.3) is 0 Å². The fourth-order valence-corrected chi connectivity index (χ4v) is 6.21. The van der Waals surface area contributed by atoms with Gasteiger partial charge in [0, 0.05) is 12.8 Å². The highest BCUT2D eigenvalue weighted by atomic mass is 16.5. The Morgan fingerprint density at radius 2 is 0.925 bits per heavy atom. The predicted octanol–water partition coefficient (Wildman–Crippen LogP) is 13.6. The number of carboxylic acid groups (broad SMARTS) is 1. The molecule has 53 heavy (non-hydrogen) atoms. The van der Waals surface area contributed by atoms with Gasteiger partial charge in [-0.05, 0) is 103 Å². The van der Waals surface area contributed by atoms with Crippen molar-refractivity contribution >= 4 is 17.8 Å². The molecule has 0 aromatic carbocycles. The van der Waals surface area contributed by atoms with Gasteiger partial charge in [0.15, 0.2) is 0 Å². The quantitative estimate of drug-likeness (QED) is 0.0372. The molecule has 0 rings (SSSR count). The number of rotatable bonds is 39. The van der Waals surface area contributed by atoms with E-state index in [-0.39, 0.29) is 24.5 Å². The summed E-state index contributed by atoms with van der Waals surface area (Å²) in [5.74, 6) is -1.27. The molecule has 0 saturated heterocycles. The second kappa shape index (κ2) is 41.9. The van der Waals surface area contributed by atoms with Gasteiger partial charge < -0.3 is 15.2 Å². The molecule has 0 aromatic rings. The van der Waals surface area contributed by atoms with E-state index in [1.54, 1.807) is 0 Å². The summed E-state index contributed by atoms with van der Waals surface area (Å²) in [6.45, 7) is 4.10. The highest BCUT2D eigenvalue weighted by Gasteiger charge is 2.14. The molecule has 0 spiro atoms. The lowest BCUT2D eigenvalue weighted by Crippen LogP contribution is -2.28. The molecule has 304 valence electrons. The first-order chi connectivity index (χ1) is 26.0. The number of carboxylic acids is 1. The Hall–Kier alpha value is -2.89. The van der Waals surface area contributed by atoms with Gasteiger partial charge in [-0.1, -0.05) is 152 Å². The zero-order chi connectivity index (χ0) is 38.7. The number of allylic oxidation sites excluding steroid dienone is 10. The van der Waals surface area contributed by atoms with E-state index in [0.29, 0.717) is 12.8 Å². The van der Waals surface area contributed by atoms with Crippen molar-refractivity contribution in [1.29, 1.82) is 0 Å². The Morgan fingerprint density at radius 3 is 1.47 bits per heavy atom. The molecule has 6 heteroatoms. The minimum absolute atomic E-state index is 0.0189. The normalized spacial score (nSPS) is 12.6. The van der Waals surface area contributed by atoms with Crippen molar-refractivity contribution in [3.8, 4) is 0 Å². The van der Waals surface area contributed by atoms with E-state index in [0.717, 1.165) is 103 Å². The molecule has 2 N–H and O–H groups in total. The number of ether oxygens (including phenoxy) is 1. The summed E-state index contributed by atoms with van der Waals surface area (Å²) >= 11 is 0. The number of nitrogens with one attached hydrogen (secondary N) is 1. The lowest BCUT2D eigenvalue weighted by Gasteiger charge is -2.18. The van der Waals surface area contributed by atoms with Crippen LogP contribution in [0.2, 0.25) is 0 Å². The second-order valence-electron chi connectivity index (χ2n) is 14.6. The third-order valence-corrected chi connectivity index (χ3v) is 9.42. The van der Waals surface area contributed by atoms with E-state index in [1.165, 1.54) is 77.0 Å². The van der Waals surface area contributed by atoms with Gasteiger partial charge >= 0.3 is 11.9 Å². The van der Waals surface area contributed by atoms with E-state index in [2.05, 4.69) is 79.9 Å². The first-order valence-electron chi connectivity index (χ1n) is 21.9. The zero-order valence-electron chi connectivity index (χ0n) is 34.4. The molecule has 0 bridgehead atoms. The Kier molecular flexibility index (Phi) is 39.6. The molecule has 0 heterocycles. The van der Waals surface area contributed by atoms with E-state index >= 15 is 0 Å². The van der Waals surface area contributed by atoms with Gasteiger partial charge in [-0.2, -0.15) is 0 Å². The van der Waals surface area contributed by atoms with Crippen LogP contribution in [0.4, 0.5) is 0 Å². The van der Waals surface area contributed by atoms with Gasteiger partial charge in [0.25, 0.3) is 0 Å².